The Morgan fingerprint density at radius 2 is 1.80 bits per heavy atom. The van der Waals surface area contributed by atoms with Crippen molar-refractivity contribution in [2.45, 2.75) is 32.1 Å². The number of methoxy groups -OCH3 is 1. The van der Waals surface area contributed by atoms with Gasteiger partial charge in [-0.3, -0.25) is 9.48 Å². The fraction of sp³-hybridized carbons (Fsp3) is 0.321. The number of aryl methyl sites for hydroxylation is 2. The molecule has 1 saturated heterocycles. The number of carbonyl (C=O) groups excluding carboxylic acids is 1. The molecule has 0 saturated carbocycles. The maximum Gasteiger partial charge on any atom is 0.393 e. The lowest BCUT2D eigenvalue weighted by atomic mass is 10.0. The number of hydrogen-bond donors (Lipinski definition) is 0. The highest BCUT2D eigenvalue weighted by molar-refractivity contribution is 5.99. The van der Waals surface area contributed by atoms with E-state index in [9.17, 15) is 22.4 Å². The average Bonchev–Trinajstić information content (AvgIpc) is 3.59. The van der Waals surface area contributed by atoms with Crippen LogP contribution in [0, 0.1) is 18.7 Å². The van der Waals surface area contributed by atoms with Crippen LogP contribution in [0.2, 0.25) is 0 Å². The first-order valence-corrected chi connectivity index (χ1v) is 12.8. The third-order valence-corrected chi connectivity index (χ3v) is 7.05. The molecule has 4 aromatic rings. The summed E-state index contributed by atoms with van der Waals surface area (Å²) >= 11 is 0. The molecule has 2 unspecified atom stereocenters. The van der Waals surface area contributed by atoms with Crippen molar-refractivity contribution in [3.63, 3.8) is 0 Å². The number of alkyl halides is 3. The summed E-state index contributed by atoms with van der Waals surface area (Å²) in [6.07, 6.45) is -1.48. The largest absolute Gasteiger partial charge is 0.497 e. The zero-order valence-corrected chi connectivity index (χ0v) is 22.5. The highest BCUT2D eigenvalue weighted by Crippen LogP contribution is 2.39. The van der Waals surface area contributed by atoms with Crippen LogP contribution in [0.25, 0.3) is 11.4 Å². The molecule has 214 valence electrons. The molecule has 1 aliphatic rings. The molecule has 13 heteroatoms. The van der Waals surface area contributed by atoms with Crippen molar-refractivity contribution in [2.24, 2.45) is 13.0 Å². The van der Waals surface area contributed by atoms with Crippen molar-refractivity contribution in [1.82, 2.24) is 24.7 Å². The van der Waals surface area contributed by atoms with Crippen LogP contribution in [0.1, 0.15) is 17.5 Å². The standard InChI is InChI=1S/C28H27F4N7O2/c1-17-4-7-21(11-23(17)25-33-12-20(29)13-34-25)38(14-18-5-8-22(41-3)9-6-18)26(40)24-10-19(28(30,31)32)15-39(24)27-35-16-37(2)36-27/h4-9,11-13,16,19,24H,10,14-15H2,1-3H3. The number of benzene rings is 2. The minimum atomic E-state index is -4.50. The van der Waals surface area contributed by atoms with E-state index in [2.05, 4.69) is 20.1 Å². The second-order valence-corrected chi connectivity index (χ2v) is 9.86. The van der Waals surface area contributed by atoms with Gasteiger partial charge in [0.25, 0.3) is 0 Å². The summed E-state index contributed by atoms with van der Waals surface area (Å²) in [6.45, 7) is 1.44. The van der Waals surface area contributed by atoms with Gasteiger partial charge in [-0.05, 0) is 48.7 Å². The molecule has 9 nitrogen and oxygen atoms in total. The molecule has 0 bridgehead atoms. The Hall–Kier alpha value is -4.55. The molecule has 5 rings (SSSR count). The van der Waals surface area contributed by atoms with E-state index in [-0.39, 0.29) is 18.3 Å². The molecule has 0 aliphatic carbocycles. The van der Waals surface area contributed by atoms with E-state index in [0.717, 1.165) is 23.5 Å². The van der Waals surface area contributed by atoms with Gasteiger partial charge in [0.1, 0.15) is 18.1 Å². The Morgan fingerprint density at radius 3 is 2.41 bits per heavy atom. The van der Waals surface area contributed by atoms with E-state index in [1.54, 1.807) is 49.5 Å². The monoisotopic (exact) mass is 569 g/mol. The third kappa shape index (κ3) is 5.98. The summed E-state index contributed by atoms with van der Waals surface area (Å²) in [5, 5.41) is 4.18. The second kappa shape index (κ2) is 11.1. The number of carbonyl (C=O) groups is 1. The summed E-state index contributed by atoms with van der Waals surface area (Å²) in [4.78, 5) is 29.3. The molecule has 1 fully saturated rings. The molecule has 0 radical (unpaired) electrons. The first kappa shape index (κ1) is 28.0. The number of nitrogens with zero attached hydrogens (tertiary/aromatic N) is 7. The number of rotatable bonds is 7. The zero-order chi connectivity index (χ0) is 29.3. The topological polar surface area (TPSA) is 89.3 Å². The second-order valence-electron chi connectivity index (χ2n) is 9.86. The summed E-state index contributed by atoms with van der Waals surface area (Å²) in [5.74, 6) is -1.96. The van der Waals surface area contributed by atoms with Crippen LogP contribution in [0.3, 0.4) is 0 Å². The van der Waals surface area contributed by atoms with Crippen LogP contribution >= 0.6 is 0 Å². The van der Waals surface area contributed by atoms with Gasteiger partial charge in [-0.15, -0.1) is 5.10 Å². The number of hydrogen-bond acceptors (Lipinski definition) is 7. The fourth-order valence-corrected chi connectivity index (χ4v) is 4.85. The lowest BCUT2D eigenvalue weighted by molar-refractivity contribution is -0.168. The van der Waals surface area contributed by atoms with Gasteiger partial charge in [-0.1, -0.05) is 18.2 Å². The molecule has 2 atom stereocenters. The molecule has 1 aliphatic heterocycles. The fourth-order valence-electron chi connectivity index (χ4n) is 4.85. The lowest BCUT2D eigenvalue weighted by Gasteiger charge is -2.30. The first-order valence-electron chi connectivity index (χ1n) is 12.8. The van der Waals surface area contributed by atoms with Gasteiger partial charge in [0, 0.05) is 24.8 Å². The van der Waals surface area contributed by atoms with E-state index in [0.29, 0.717) is 17.0 Å². The number of anilines is 2. The van der Waals surface area contributed by atoms with Gasteiger partial charge in [0.2, 0.25) is 11.9 Å². The molecular weight excluding hydrogens is 542 g/mol. The SMILES string of the molecule is COc1ccc(CN(C(=O)C2CC(C(F)(F)F)CN2c2ncn(C)n2)c2ccc(C)c(-c3ncc(F)cn3)c2)cc1. The average molecular weight is 570 g/mol. The van der Waals surface area contributed by atoms with Crippen molar-refractivity contribution in [2.75, 3.05) is 23.5 Å². The summed E-state index contributed by atoms with van der Waals surface area (Å²) < 4.78 is 61.8. The minimum absolute atomic E-state index is 0.0475. The van der Waals surface area contributed by atoms with Crippen LogP contribution in [0.4, 0.5) is 29.2 Å². The highest BCUT2D eigenvalue weighted by atomic mass is 19.4. The molecule has 0 spiro atoms. The van der Waals surface area contributed by atoms with Gasteiger partial charge in [0.05, 0.1) is 32.0 Å². The Morgan fingerprint density at radius 1 is 1.10 bits per heavy atom. The number of amides is 1. The Kier molecular flexibility index (Phi) is 7.61. The van der Waals surface area contributed by atoms with Crippen LogP contribution in [0.15, 0.2) is 61.2 Å². The normalized spacial score (nSPS) is 17.1. The predicted octanol–water partition coefficient (Wildman–Crippen LogP) is 4.72. The van der Waals surface area contributed by atoms with Crippen LogP contribution < -0.4 is 14.5 Å². The van der Waals surface area contributed by atoms with Crippen molar-refractivity contribution in [3.8, 4) is 17.1 Å². The number of ether oxygens (including phenoxy) is 1. The van der Waals surface area contributed by atoms with Crippen molar-refractivity contribution >= 4 is 17.5 Å². The van der Waals surface area contributed by atoms with Crippen molar-refractivity contribution in [1.29, 1.82) is 0 Å². The van der Waals surface area contributed by atoms with Gasteiger partial charge >= 0.3 is 6.18 Å². The maximum atomic E-state index is 14.3. The Labute approximate surface area is 233 Å². The van der Waals surface area contributed by atoms with E-state index in [4.69, 9.17) is 4.74 Å². The van der Waals surface area contributed by atoms with E-state index in [1.165, 1.54) is 27.9 Å². The first-order chi connectivity index (χ1) is 19.5. The predicted molar refractivity (Wildman–Crippen MR) is 143 cm³/mol. The molecule has 41 heavy (non-hydrogen) atoms. The van der Waals surface area contributed by atoms with Crippen LogP contribution in [0.5, 0.6) is 5.75 Å². The molecule has 2 aromatic heterocycles. The van der Waals surface area contributed by atoms with Gasteiger partial charge in [-0.2, -0.15) is 13.2 Å². The number of aromatic nitrogens is 5. The van der Waals surface area contributed by atoms with Gasteiger partial charge in [-0.25, -0.2) is 19.3 Å². The van der Waals surface area contributed by atoms with E-state index in [1.807, 2.05) is 6.92 Å². The lowest BCUT2D eigenvalue weighted by Crippen LogP contribution is -2.46. The maximum absolute atomic E-state index is 14.3. The highest BCUT2D eigenvalue weighted by Gasteiger charge is 2.51. The molecular formula is C28H27F4N7O2. The summed E-state index contributed by atoms with van der Waals surface area (Å²) in [5.41, 5.74) is 2.48. The molecule has 1 amide bonds. The van der Waals surface area contributed by atoms with Crippen molar-refractivity contribution < 1.29 is 27.1 Å². The zero-order valence-electron chi connectivity index (χ0n) is 22.5. The van der Waals surface area contributed by atoms with Crippen molar-refractivity contribution in [3.05, 3.63) is 78.1 Å². The smallest absolute Gasteiger partial charge is 0.393 e. The third-order valence-electron chi connectivity index (χ3n) is 7.05. The van der Waals surface area contributed by atoms with Gasteiger partial charge < -0.3 is 14.5 Å². The quantitative estimate of drug-likeness (QED) is 0.298. The molecule has 2 aromatic carbocycles. The number of halogens is 4. The van der Waals surface area contributed by atoms with Gasteiger partial charge in [0.15, 0.2) is 11.6 Å². The Bertz CT molecular complexity index is 1520. The molecule has 3 heterocycles. The Balaban J connectivity index is 1.57. The van der Waals surface area contributed by atoms with E-state index >= 15 is 0 Å². The minimum Gasteiger partial charge on any atom is -0.497 e. The summed E-state index contributed by atoms with van der Waals surface area (Å²) in [7, 11) is 3.14. The van der Waals surface area contributed by atoms with E-state index < -0.39 is 42.8 Å². The molecule has 0 N–H and O–H groups in total. The van der Waals surface area contributed by atoms with Crippen LogP contribution in [-0.2, 0) is 18.4 Å². The summed E-state index contributed by atoms with van der Waals surface area (Å²) in [6, 6.07) is 11.0. The van der Waals surface area contributed by atoms with Crippen LogP contribution in [-0.4, -0.2) is 56.5 Å².